The maximum atomic E-state index is 5.65. The topological polar surface area (TPSA) is 37.6 Å². The lowest BCUT2D eigenvalue weighted by atomic mass is 10.1. The molecule has 0 amide bonds. The van der Waals surface area contributed by atoms with Crippen LogP contribution >= 0.6 is 0 Å². The van der Waals surface area contributed by atoms with Gasteiger partial charge in [0.1, 0.15) is 5.76 Å². The third-order valence-electron chi connectivity index (χ3n) is 3.25. The highest BCUT2D eigenvalue weighted by atomic mass is 16.5. The summed E-state index contributed by atoms with van der Waals surface area (Å²) >= 11 is 0. The predicted molar refractivity (Wildman–Crippen MR) is 87.3 cm³/mol. The Morgan fingerprint density at radius 3 is 2.62 bits per heavy atom. The van der Waals surface area contributed by atoms with Gasteiger partial charge in [0.25, 0.3) is 0 Å². The molecule has 0 atom stereocenters. The molecule has 0 saturated carbocycles. The largest absolute Gasteiger partial charge is 0.468 e. The molecule has 0 unspecified atom stereocenters. The van der Waals surface area contributed by atoms with E-state index in [-0.39, 0.29) is 5.54 Å². The van der Waals surface area contributed by atoms with Gasteiger partial charge >= 0.3 is 0 Å². The van der Waals surface area contributed by atoms with E-state index in [9.17, 15) is 0 Å². The Balaban J connectivity index is 2.63. The molecule has 0 spiro atoms. The summed E-state index contributed by atoms with van der Waals surface area (Å²) in [4.78, 5) is 2.43. The summed E-state index contributed by atoms with van der Waals surface area (Å²) in [6.07, 6.45) is 1.79. The lowest BCUT2D eigenvalue weighted by Gasteiger charge is -2.24. The van der Waals surface area contributed by atoms with Crippen molar-refractivity contribution in [1.82, 2.24) is 10.2 Å². The van der Waals surface area contributed by atoms with Crippen LogP contribution < -0.4 is 5.32 Å². The zero-order valence-corrected chi connectivity index (χ0v) is 14.5. The molecule has 0 fully saturated rings. The third-order valence-corrected chi connectivity index (χ3v) is 3.25. The average Bonchev–Trinajstić information content (AvgIpc) is 2.79. The molecule has 1 aromatic heterocycles. The number of nitrogens with zero attached hydrogens (tertiary/aromatic N) is 1. The van der Waals surface area contributed by atoms with Crippen LogP contribution in [0, 0.1) is 5.92 Å². The molecule has 0 radical (unpaired) electrons. The third kappa shape index (κ3) is 7.65. The van der Waals surface area contributed by atoms with E-state index in [4.69, 9.17) is 9.15 Å². The lowest BCUT2D eigenvalue weighted by molar-refractivity contribution is 0.135. The van der Waals surface area contributed by atoms with Crippen LogP contribution in [-0.2, 0) is 17.8 Å². The number of rotatable bonds is 9. The van der Waals surface area contributed by atoms with Gasteiger partial charge in [0.2, 0.25) is 0 Å². The SMILES string of the molecule is COCCN(Cc1ccoc1CNC(C)(C)C)CC(C)C. The number of hydrogen-bond acceptors (Lipinski definition) is 4. The van der Waals surface area contributed by atoms with Crippen LogP contribution in [0.25, 0.3) is 0 Å². The maximum Gasteiger partial charge on any atom is 0.122 e. The summed E-state index contributed by atoms with van der Waals surface area (Å²) in [5.74, 6) is 1.68. The summed E-state index contributed by atoms with van der Waals surface area (Å²) in [5.41, 5.74) is 1.36. The molecule has 1 rings (SSSR count). The van der Waals surface area contributed by atoms with Gasteiger partial charge in [0, 0.05) is 37.8 Å². The highest BCUT2D eigenvalue weighted by molar-refractivity contribution is 5.17. The summed E-state index contributed by atoms with van der Waals surface area (Å²) in [5, 5.41) is 3.48. The van der Waals surface area contributed by atoms with E-state index < -0.39 is 0 Å². The van der Waals surface area contributed by atoms with Crippen LogP contribution in [0.2, 0.25) is 0 Å². The zero-order valence-electron chi connectivity index (χ0n) is 14.5. The van der Waals surface area contributed by atoms with Gasteiger partial charge in [-0.15, -0.1) is 0 Å². The number of nitrogens with one attached hydrogen (secondary N) is 1. The average molecular weight is 296 g/mol. The predicted octanol–water partition coefficient (Wildman–Crippen LogP) is 3.27. The number of hydrogen-bond donors (Lipinski definition) is 1. The summed E-state index contributed by atoms with van der Waals surface area (Å²) in [6.45, 7) is 15.5. The minimum absolute atomic E-state index is 0.0950. The molecule has 1 N–H and O–H groups in total. The van der Waals surface area contributed by atoms with Crippen molar-refractivity contribution >= 4 is 0 Å². The maximum absolute atomic E-state index is 5.65. The van der Waals surface area contributed by atoms with Crippen LogP contribution in [0.15, 0.2) is 16.7 Å². The van der Waals surface area contributed by atoms with E-state index in [1.165, 1.54) is 5.56 Å². The van der Waals surface area contributed by atoms with Crippen molar-refractivity contribution in [3.05, 3.63) is 23.7 Å². The van der Waals surface area contributed by atoms with Crippen LogP contribution in [0.4, 0.5) is 0 Å². The van der Waals surface area contributed by atoms with Crippen LogP contribution in [0.1, 0.15) is 45.9 Å². The van der Waals surface area contributed by atoms with Gasteiger partial charge in [-0.2, -0.15) is 0 Å². The van der Waals surface area contributed by atoms with Crippen molar-refractivity contribution in [3.8, 4) is 0 Å². The van der Waals surface area contributed by atoms with Crippen molar-refractivity contribution in [1.29, 1.82) is 0 Å². The molecule has 0 saturated heterocycles. The molecule has 1 aromatic rings. The monoisotopic (exact) mass is 296 g/mol. The smallest absolute Gasteiger partial charge is 0.122 e. The first-order valence-electron chi connectivity index (χ1n) is 7.83. The lowest BCUT2D eigenvalue weighted by Crippen LogP contribution is -2.35. The van der Waals surface area contributed by atoms with Crippen molar-refractivity contribution in [2.75, 3.05) is 26.8 Å². The minimum Gasteiger partial charge on any atom is -0.468 e. The Bertz CT molecular complexity index is 394. The highest BCUT2D eigenvalue weighted by Gasteiger charge is 2.15. The summed E-state index contributed by atoms with van der Waals surface area (Å²) < 4.78 is 10.9. The van der Waals surface area contributed by atoms with E-state index >= 15 is 0 Å². The van der Waals surface area contributed by atoms with Crippen molar-refractivity contribution in [2.24, 2.45) is 5.92 Å². The molecule has 21 heavy (non-hydrogen) atoms. The Kier molecular flexibility index (Phi) is 7.43. The van der Waals surface area contributed by atoms with Gasteiger partial charge in [0.05, 0.1) is 19.4 Å². The second kappa shape index (κ2) is 8.57. The molecule has 122 valence electrons. The van der Waals surface area contributed by atoms with Crippen LogP contribution in [0.5, 0.6) is 0 Å². The van der Waals surface area contributed by atoms with Crippen LogP contribution in [-0.4, -0.2) is 37.2 Å². The van der Waals surface area contributed by atoms with Gasteiger partial charge in [0.15, 0.2) is 0 Å². The molecule has 0 aliphatic heterocycles. The normalized spacial score (nSPS) is 12.6. The molecular weight excluding hydrogens is 264 g/mol. The summed E-state index contributed by atoms with van der Waals surface area (Å²) in [7, 11) is 1.75. The van der Waals surface area contributed by atoms with Crippen molar-refractivity contribution in [2.45, 2.75) is 53.2 Å². The Morgan fingerprint density at radius 2 is 2.05 bits per heavy atom. The molecule has 0 aromatic carbocycles. The Labute approximate surface area is 129 Å². The highest BCUT2D eigenvalue weighted by Crippen LogP contribution is 2.15. The van der Waals surface area contributed by atoms with Gasteiger partial charge in [-0.25, -0.2) is 0 Å². The molecule has 0 aliphatic rings. The molecular formula is C17H32N2O2. The zero-order chi connectivity index (χ0) is 15.9. The van der Waals surface area contributed by atoms with E-state index in [2.05, 4.69) is 50.9 Å². The fraction of sp³-hybridized carbons (Fsp3) is 0.765. The van der Waals surface area contributed by atoms with Crippen molar-refractivity contribution in [3.63, 3.8) is 0 Å². The van der Waals surface area contributed by atoms with E-state index in [0.29, 0.717) is 5.92 Å². The van der Waals surface area contributed by atoms with Crippen LogP contribution in [0.3, 0.4) is 0 Å². The fourth-order valence-electron chi connectivity index (χ4n) is 2.22. The Morgan fingerprint density at radius 1 is 1.33 bits per heavy atom. The molecule has 4 nitrogen and oxygen atoms in total. The number of furan rings is 1. The first kappa shape index (κ1) is 18.2. The second-order valence-electron chi connectivity index (χ2n) is 7.09. The molecule has 0 aliphatic carbocycles. The van der Waals surface area contributed by atoms with Gasteiger partial charge in [-0.1, -0.05) is 13.8 Å². The molecule has 1 heterocycles. The second-order valence-corrected chi connectivity index (χ2v) is 7.09. The summed E-state index contributed by atoms with van der Waals surface area (Å²) in [6, 6.07) is 2.08. The fourth-order valence-corrected chi connectivity index (χ4v) is 2.22. The first-order chi connectivity index (χ1) is 9.81. The van der Waals surface area contributed by atoms with E-state index in [1.807, 2.05) is 0 Å². The number of ether oxygens (including phenoxy) is 1. The quantitative estimate of drug-likeness (QED) is 0.759. The Hall–Kier alpha value is -0.840. The molecule has 0 bridgehead atoms. The van der Waals surface area contributed by atoms with Gasteiger partial charge in [-0.05, 0) is 32.8 Å². The molecule has 4 heteroatoms. The van der Waals surface area contributed by atoms with Gasteiger partial charge < -0.3 is 14.5 Å². The van der Waals surface area contributed by atoms with Gasteiger partial charge in [-0.3, -0.25) is 4.90 Å². The van der Waals surface area contributed by atoms with E-state index in [0.717, 1.165) is 38.5 Å². The van der Waals surface area contributed by atoms with E-state index in [1.54, 1.807) is 13.4 Å². The van der Waals surface area contributed by atoms with Crippen molar-refractivity contribution < 1.29 is 9.15 Å². The first-order valence-corrected chi connectivity index (χ1v) is 7.83. The minimum atomic E-state index is 0.0950. The standard InChI is InChI=1S/C17H32N2O2/c1-14(2)12-19(8-10-20-6)13-15-7-9-21-16(15)11-18-17(3,4)5/h7,9,14,18H,8,10-13H2,1-6H3. The number of methoxy groups -OCH3 is 1.